The van der Waals surface area contributed by atoms with Crippen LogP contribution in [0.5, 0.6) is 0 Å². The van der Waals surface area contributed by atoms with Crippen LogP contribution in [0.15, 0.2) is 36.7 Å². The Balaban J connectivity index is 1.36. The summed E-state index contributed by atoms with van der Waals surface area (Å²) in [7, 11) is 0. The van der Waals surface area contributed by atoms with Crippen molar-refractivity contribution in [3.8, 4) is 17.2 Å². The standard InChI is InChI=1S/C37H57N3/c1-3-5-7-9-11-13-15-17-19-32-20-22-33(23-21-32)35-29-39-36(40-30-35)34-24-27-37(31-38,28-25-34)26-18-16-14-12-10-8-6-4-2/h20-23,29-30,34H,3-19,24-28H2,1-2H3/t34-,37-. The molecule has 3 rings (SSSR count). The predicted octanol–water partition coefficient (Wildman–Crippen LogP) is 11.5. The Kier molecular flexibility index (Phi) is 15.4. The Morgan fingerprint density at radius 1 is 0.675 bits per heavy atom. The van der Waals surface area contributed by atoms with Crippen molar-refractivity contribution >= 4 is 0 Å². The zero-order valence-electron chi connectivity index (χ0n) is 25.9. The van der Waals surface area contributed by atoms with Crippen LogP contribution in [0.1, 0.15) is 166 Å². The quantitative estimate of drug-likeness (QED) is 0.156. The third-order valence-electron chi connectivity index (χ3n) is 9.33. The normalized spacial score (nSPS) is 19.0. The highest BCUT2D eigenvalue weighted by atomic mass is 14.9. The summed E-state index contributed by atoms with van der Waals surface area (Å²) in [6.45, 7) is 4.55. The third-order valence-corrected chi connectivity index (χ3v) is 9.33. The number of benzene rings is 1. The first-order chi connectivity index (χ1) is 19.7. The van der Waals surface area contributed by atoms with Crippen molar-refractivity contribution < 1.29 is 0 Å². The molecule has 1 aromatic heterocycles. The van der Waals surface area contributed by atoms with Crippen LogP contribution in [0.25, 0.3) is 11.1 Å². The number of rotatable bonds is 20. The van der Waals surface area contributed by atoms with Crippen molar-refractivity contribution in [1.82, 2.24) is 9.97 Å². The summed E-state index contributed by atoms with van der Waals surface area (Å²) < 4.78 is 0. The zero-order chi connectivity index (χ0) is 28.3. The summed E-state index contributed by atoms with van der Waals surface area (Å²) in [4.78, 5) is 9.59. The molecule has 1 aliphatic rings. The molecular weight excluding hydrogens is 486 g/mol. The van der Waals surface area contributed by atoms with Crippen molar-refractivity contribution in [2.24, 2.45) is 5.41 Å². The van der Waals surface area contributed by atoms with Crippen LogP contribution < -0.4 is 0 Å². The molecule has 0 radical (unpaired) electrons. The topological polar surface area (TPSA) is 49.6 Å². The molecule has 1 saturated carbocycles. The lowest BCUT2D eigenvalue weighted by molar-refractivity contribution is 0.219. The molecule has 2 aromatic rings. The lowest BCUT2D eigenvalue weighted by atomic mass is 9.68. The Morgan fingerprint density at radius 2 is 1.18 bits per heavy atom. The Labute approximate surface area is 246 Å². The minimum atomic E-state index is -0.116. The van der Waals surface area contributed by atoms with Gasteiger partial charge in [-0.3, -0.25) is 0 Å². The van der Waals surface area contributed by atoms with E-state index in [9.17, 15) is 5.26 Å². The zero-order valence-corrected chi connectivity index (χ0v) is 25.9. The van der Waals surface area contributed by atoms with Crippen molar-refractivity contribution in [2.45, 2.75) is 161 Å². The summed E-state index contributed by atoms with van der Waals surface area (Å²) in [5.74, 6) is 1.36. The van der Waals surface area contributed by atoms with E-state index in [1.54, 1.807) is 0 Å². The van der Waals surface area contributed by atoms with E-state index in [4.69, 9.17) is 9.97 Å². The molecule has 0 bridgehead atoms. The highest BCUT2D eigenvalue weighted by Crippen LogP contribution is 2.45. The molecule has 220 valence electrons. The monoisotopic (exact) mass is 543 g/mol. The van der Waals surface area contributed by atoms with Gasteiger partial charge < -0.3 is 0 Å². The Morgan fingerprint density at radius 3 is 1.70 bits per heavy atom. The van der Waals surface area contributed by atoms with E-state index in [0.717, 1.165) is 43.5 Å². The largest absolute Gasteiger partial charge is 0.240 e. The maximum absolute atomic E-state index is 10.0. The second kappa shape index (κ2) is 19.0. The van der Waals surface area contributed by atoms with Gasteiger partial charge in [0.1, 0.15) is 5.82 Å². The van der Waals surface area contributed by atoms with E-state index in [1.165, 1.54) is 120 Å². The van der Waals surface area contributed by atoms with Crippen LogP contribution in [0.2, 0.25) is 0 Å². The van der Waals surface area contributed by atoms with E-state index >= 15 is 0 Å². The van der Waals surface area contributed by atoms with Gasteiger partial charge in [-0.2, -0.15) is 5.26 Å². The molecule has 0 N–H and O–H groups in total. The first-order valence-corrected chi connectivity index (χ1v) is 17.0. The van der Waals surface area contributed by atoms with E-state index in [1.807, 2.05) is 12.4 Å². The number of aromatic nitrogens is 2. The Hall–Kier alpha value is -2.21. The molecule has 0 atom stereocenters. The fourth-order valence-corrected chi connectivity index (χ4v) is 6.47. The predicted molar refractivity (Wildman–Crippen MR) is 170 cm³/mol. The average Bonchev–Trinajstić information content (AvgIpc) is 3.00. The van der Waals surface area contributed by atoms with E-state index in [2.05, 4.69) is 44.2 Å². The summed E-state index contributed by atoms with van der Waals surface area (Å²) in [5.41, 5.74) is 3.61. The molecule has 1 aliphatic carbocycles. The van der Waals surface area contributed by atoms with Gasteiger partial charge in [-0.25, -0.2) is 9.97 Å². The molecule has 1 fully saturated rings. The smallest absolute Gasteiger partial charge is 0.131 e. The van der Waals surface area contributed by atoms with Gasteiger partial charge in [0.05, 0.1) is 11.5 Å². The molecule has 3 nitrogen and oxygen atoms in total. The van der Waals surface area contributed by atoms with Gasteiger partial charge in [-0.15, -0.1) is 0 Å². The van der Waals surface area contributed by atoms with Gasteiger partial charge >= 0.3 is 0 Å². The average molecular weight is 544 g/mol. The summed E-state index contributed by atoms with van der Waals surface area (Å²) in [5, 5.41) is 10.0. The van der Waals surface area contributed by atoms with Crippen LogP contribution in [0.4, 0.5) is 0 Å². The molecule has 3 heteroatoms. The summed E-state index contributed by atoms with van der Waals surface area (Å²) in [6, 6.07) is 11.7. The maximum atomic E-state index is 10.0. The molecule has 0 aliphatic heterocycles. The summed E-state index contributed by atoms with van der Waals surface area (Å²) in [6.07, 6.45) is 31.9. The Bertz CT molecular complexity index is 948. The fraction of sp³-hybridized carbons (Fsp3) is 0.703. The number of nitriles is 1. The highest BCUT2D eigenvalue weighted by Gasteiger charge is 2.36. The molecule has 0 saturated heterocycles. The lowest BCUT2D eigenvalue weighted by Crippen LogP contribution is -2.26. The molecule has 1 aromatic carbocycles. The maximum Gasteiger partial charge on any atom is 0.131 e. The number of aryl methyl sites for hydroxylation is 1. The molecule has 1 heterocycles. The van der Waals surface area contributed by atoms with Gasteiger partial charge in [0.2, 0.25) is 0 Å². The lowest BCUT2D eigenvalue weighted by Gasteiger charge is -2.34. The first-order valence-electron chi connectivity index (χ1n) is 17.0. The van der Waals surface area contributed by atoms with Crippen molar-refractivity contribution in [1.29, 1.82) is 5.26 Å². The first kappa shape index (κ1) is 32.3. The third kappa shape index (κ3) is 11.3. The molecule has 40 heavy (non-hydrogen) atoms. The van der Waals surface area contributed by atoms with Gasteiger partial charge in [-0.1, -0.05) is 134 Å². The minimum Gasteiger partial charge on any atom is -0.240 e. The van der Waals surface area contributed by atoms with Crippen LogP contribution in [-0.4, -0.2) is 9.97 Å². The SMILES string of the molecule is CCCCCCCCCCc1ccc(-c2cnc([C@H]3CC[C@@](C#N)(CCCCCCCCCC)CC3)nc2)cc1. The summed E-state index contributed by atoms with van der Waals surface area (Å²) >= 11 is 0. The van der Waals surface area contributed by atoms with Crippen molar-refractivity contribution in [2.75, 3.05) is 0 Å². The molecule has 0 spiro atoms. The second-order valence-electron chi connectivity index (χ2n) is 12.6. The number of hydrogen-bond donors (Lipinski definition) is 0. The van der Waals surface area contributed by atoms with Crippen LogP contribution in [0, 0.1) is 16.7 Å². The van der Waals surface area contributed by atoms with E-state index < -0.39 is 0 Å². The van der Waals surface area contributed by atoms with Gasteiger partial charge in [0.25, 0.3) is 0 Å². The molecule has 0 unspecified atom stereocenters. The highest BCUT2D eigenvalue weighted by molar-refractivity contribution is 5.61. The van der Waals surface area contributed by atoms with Crippen molar-refractivity contribution in [3.63, 3.8) is 0 Å². The van der Waals surface area contributed by atoms with Crippen LogP contribution in [-0.2, 0) is 6.42 Å². The van der Waals surface area contributed by atoms with E-state index in [0.29, 0.717) is 5.92 Å². The van der Waals surface area contributed by atoms with E-state index in [-0.39, 0.29) is 5.41 Å². The number of nitrogens with zero attached hydrogens (tertiary/aromatic N) is 3. The van der Waals surface area contributed by atoms with Gasteiger partial charge in [0.15, 0.2) is 0 Å². The van der Waals surface area contributed by atoms with Crippen LogP contribution >= 0.6 is 0 Å². The number of unbranched alkanes of at least 4 members (excludes halogenated alkanes) is 14. The fourth-order valence-electron chi connectivity index (χ4n) is 6.47. The van der Waals surface area contributed by atoms with Gasteiger partial charge in [-0.05, 0) is 56.1 Å². The minimum absolute atomic E-state index is 0.116. The molecular formula is C37H57N3. The molecule has 0 amide bonds. The van der Waals surface area contributed by atoms with Gasteiger partial charge in [0, 0.05) is 23.9 Å². The van der Waals surface area contributed by atoms with Crippen LogP contribution in [0.3, 0.4) is 0 Å². The second-order valence-corrected chi connectivity index (χ2v) is 12.6. The van der Waals surface area contributed by atoms with Crippen molar-refractivity contribution in [3.05, 3.63) is 48.0 Å². The number of hydrogen-bond acceptors (Lipinski definition) is 3.